The number of hydrogen-bond acceptors (Lipinski definition) is 3. The van der Waals surface area contributed by atoms with Crippen LogP contribution in [0.25, 0.3) is 6.08 Å². The van der Waals surface area contributed by atoms with Crippen LogP contribution in [0.2, 0.25) is 0 Å². The van der Waals surface area contributed by atoms with Crippen molar-refractivity contribution in [2.45, 2.75) is 79.1 Å². The van der Waals surface area contributed by atoms with E-state index in [-0.39, 0.29) is 0 Å². The minimum atomic E-state index is -4.25. The molecule has 0 atom stereocenters. The van der Waals surface area contributed by atoms with E-state index in [2.05, 4.69) is 27.7 Å². The highest BCUT2D eigenvalue weighted by Gasteiger charge is 2.24. The second-order valence-electron chi connectivity index (χ2n) is 7.86. The normalized spacial score (nSPS) is 12.0. The third-order valence-electron chi connectivity index (χ3n) is 5.17. The molecular formula is C24H43NO3S. The second kappa shape index (κ2) is 16.6. The molecule has 0 unspecified atom stereocenters. The lowest BCUT2D eigenvalue weighted by Crippen LogP contribution is -2.50. The zero-order valence-corrected chi connectivity index (χ0v) is 19.9. The van der Waals surface area contributed by atoms with Gasteiger partial charge in [-0.1, -0.05) is 83.7 Å². The van der Waals surface area contributed by atoms with Crippen LogP contribution in [0.1, 0.15) is 84.6 Å². The minimum absolute atomic E-state index is 0.641. The molecule has 0 bridgehead atoms. The summed E-state index contributed by atoms with van der Waals surface area (Å²) in [5.41, 5.74) is 0.692. The van der Waals surface area contributed by atoms with Gasteiger partial charge >= 0.3 is 0 Å². The molecule has 4 nitrogen and oxygen atoms in total. The van der Waals surface area contributed by atoms with Crippen LogP contribution >= 0.6 is 0 Å². The molecule has 0 saturated heterocycles. The Bertz CT molecular complexity index is 589. The quantitative estimate of drug-likeness (QED) is 0.263. The molecule has 1 aromatic carbocycles. The van der Waals surface area contributed by atoms with Crippen LogP contribution in [-0.2, 0) is 10.1 Å². The summed E-state index contributed by atoms with van der Waals surface area (Å²) in [6.07, 6.45) is 12.3. The highest BCUT2D eigenvalue weighted by molar-refractivity contribution is 7.88. The zero-order valence-electron chi connectivity index (χ0n) is 19.1. The number of benzene rings is 1. The fourth-order valence-corrected chi connectivity index (χ4v) is 3.69. The van der Waals surface area contributed by atoms with Crippen LogP contribution in [-0.4, -0.2) is 43.6 Å². The van der Waals surface area contributed by atoms with Crippen molar-refractivity contribution in [1.29, 1.82) is 0 Å². The van der Waals surface area contributed by atoms with Crippen molar-refractivity contribution in [3.63, 3.8) is 0 Å². The Balaban J connectivity index is 0.000000571. The van der Waals surface area contributed by atoms with E-state index < -0.39 is 10.1 Å². The zero-order chi connectivity index (χ0) is 22.0. The third kappa shape index (κ3) is 15.3. The van der Waals surface area contributed by atoms with Crippen LogP contribution in [0.4, 0.5) is 0 Å². The summed E-state index contributed by atoms with van der Waals surface area (Å²) in [6, 6.07) is 8.75. The number of nitrogens with zero attached hydrogens (tertiary/aromatic N) is 1. The van der Waals surface area contributed by atoms with Crippen molar-refractivity contribution in [3.8, 4) is 0 Å². The van der Waals surface area contributed by atoms with Gasteiger partial charge in [0, 0.05) is 5.41 Å². The lowest BCUT2D eigenvalue weighted by Gasteiger charge is -2.39. The molecule has 0 heterocycles. The molecule has 0 aliphatic carbocycles. The average Bonchev–Trinajstić information content (AvgIpc) is 2.72. The number of hydrogen-bond donors (Lipinski definition) is 0. The molecule has 0 aromatic heterocycles. The van der Waals surface area contributed by atoms with Gasteiger partial charge in [0.1, 0.15) is 10.1 Å². The van der Waals surface area contributed by atoms with Crippen LogP contribution < -0.4 is 0 Å². The molecule has 1 rings (SSSR count). The SMILES string of the molecule is CCCC[N+](CCCC)(CCCC)CCCC.O=S(=O)([O-])C=Cc1ccccc1. The van der Waals surface area contributed by atoms with E-state index in [0.29, 0.717) is 11.0 Å². The molecule has 0 saturated carbocycles. The molecule has 0 radical (unpaired) electrons. The highest BCUT2D eigenvalue weighted by Crippen LogP contribution is 2.16. The van der Waals surface area contributed by atoms with E-state index in [1.54, 1.807) is 24.3 Å². The predicted octanol–water partition coefficient (Wildman–Crippen LogP) is 6.21. The summed E-state index contributed by atoms with van der Waals surface area (Å²) < 4.78 is 31.9. The first kappa shape index (κ1) is 27.8. The molecular weight excluding hydrogens is 382 g/mol. The summed E-state index contributed by atoms with van der Waals surface area (Å²) in [4.78, 5) is 0. The Morgan fingerprint density at radius 1 is 0.759 bits per heavy atom. The van der Waals surface area contributed by atoms with Gasteiger partial charge in [-0.05, 0) is 37.3 Å². The Kier molecular flexibility index (Phi) is 15.9. The van der Waals surface area contributed by atoms with Crippen LogP contribution in [0.5, 0.6) is 0 Å². The fraction of sp³-hybridized carbons (Fsp3) is 0.667. The largest absolute Gasteiger partial charge is 0.744 e. The fourth-order valence-electron chi connectivity index (χ4n) is 3.37. The van der Waals surface area contributed by atoms with Crippen molar-refractivity contribution < 1.29 is 17.5 Å². The highest BCUT2D eigenvalue weighted by atomic mass is 32.2. The first-order chi connectivity index (χ1) is 13.8. The summed E-state index contributed by atoms with van der Waals surface area (Å²) in [5.74, 6) is 0. The molecule has 0 N–H and O–H groups in total. The van der Waals surface area contributed by atoms with Crippen molar-refractivity contribution in [2.24, 2.45) is 0 Å². The maximum absolute atomic E-state index is 10.2. The third-order valence-corrected chi connectivity index (χ3v) is 5.64. The van der Waals surface area contributed by atoms with Gasteiger partial charge in [0.15, 0.2) is 0 Å². The standard InChI is InChI=1S/C16H36N.C8H8O3S/c1-5-9-13-17(14-10-6-2,15-11-7-3)16-12-8-4;9-12(10,11)7-6-8-4-2-1-3-5-8/h5-16H2,1-4H3;1-7H,(H,9,10,11)/q+1;/p-1. The Morgan fingerprint density at radius 2 is 1.14 bits per heavy atom. The van der Waals surface area contributed by atoms with Gasteiger partial charge < -0.3 is 9.04 Å². The van der Waals surface area contributed by atoms with Gasteiger partial charge in [0.25, 0.3) is 0 Å². The average molecular weight is 426 g/mol. The van der Waals surface area contributed by atoms with Crippen molar-refractivity contribution in [1.82, 2.24) is 0 Å². The maximum Gasteiger partial charge on any atom is 0.117 e. The molecule has 29 heavy (non-hydrogen) atoms. The van der Waals surface area contributed by atoms with Crippen LogP contribution in [0, 0.1) is 0 Å². The molecule has 1 aromatic rings. The summed E-state index contributed by atoms with van der Waals surface area (Å²) in [6.45, 7) is 15.0. The Morgan fingerprint density at radius 3 is 1.45 bits per heavy atom. The second-order valence-corrected chi connectivity index (χ2v) is 9.11. The lowest BCUT2D eigenvalue weighted by molar-refractivity contribution is -0.929. The smallest absolute Gasteiger partial charge is 0.117 e. The minimum Gasteiger partial charge on any atom is -0.744 e. The Labute approximate surface area is 180 Å². The topological polar surface area (TPSA) is 57.2 Å². The van der Waals surface area contributed by atoms with E-state index in [1.165, 1.54) is 88.1 Å². The molecule has 168 valence electrons. The van der Waals surface area contributed by atoms with E-state index in [4.69, 9.17) is 0 Å². The monoisotopic (exact) mass is 425 g/mol. The van der Waals surface area contributed by atoms with Gasteiger partial charge in [0.05, 0.1) is 26.2 Å². The molecule has 0 aliphatic heterocycles. The van der Waals surface area contributed by atoms with Gasteiger partial charge in [-0.3, -0.25) is 0 Å². The lowest BCUT2D eigenvalue weighted by atomic mass is 10.1. The van der Waals surface area contributed by atoms with Crippen molar-refractivity contribution in [2.75, 3.05) is 26.2 Å². The van der Waals surface area contributed by atoms with E-state index in [0.717, 1.165) is 0 Å². The van der Waals surface area contributed by atoms with E-state index in [9.17, 15) is 13.0 Å². The van der Waals surface area contributed by atoms with Gasteiger partial charge in [-0.25, -0.2) is 8.42 Å². The first-order valence-electron chi connectivity index (χ1n) is 11.4. The maximum atomic E-state index is 10.2. The summed E-state index contributed by atoms with van der Waals surface area (Å²) in [5, 5.41) is 0.641. The van der Waals surface area contributed by atoms with Crippen LogP contribution in [0.15, 0.2) is 35.7 Å². The summed E-state index contributed by atoms with van der Waals surface area (Å²) in [7, 11) is -4.25. The van der Waals surface area contributed by atoms with E-state index in [1.807, 2.05) is 6.07 Å². The number of rotatable bonds is 14. The molecule has 0 aliphatic rings. The summed E-state index contributed by atoms with van der Waals surface area (Å²) >= 11 is 0. The van der Waals surface area contributed by atoms with Gasteiger partial charge in [-0.15, -0.1) is 0 Å². The Hall–Kier alpha value is -1.17. The molecule has 0 amide bonds. The molecule has 0 spiro atoms. The number of quaternary nitrogens is 1. The molecule has 5 heteroatoms. The van der Waals surface area contributed by atoms with Crippen molar-refractivity contribution >= 4 is 16.2 Å². The molecule has 0 fully saturated rings. The van der Waals surface area contributed by atoms with Gasteiger partial charge in [-0.2, -0.15) is 0 Å². The van der Waals surface area contributed by atoms with Crippen LogP contribution in [0.3, 0.4) is 0 Å². The van der Waals surface area contributed by atoms with E-state index >= 15 is 0 Å². The number of unbranched alkanes of at least 4 members (excludes halogenated alkanes) is 4. The van der Waals surface area contributed by atoms with Gasteiger partial charge in [0.2, 0.25) is 0 Å². The van der Waals surface area contributed by atoms with Crippen molar-refractivity contribution in [3.05, 3.63) is 41.3 Å². The predicted molar refractivity (Wildman–Crippen MR) is 125 cm³/mol. The first-order valence-corrected chi connectivity index (χ1v) is 12.8.